The molecule has 2 nitrogen and oxygen atoms in total. The number of H-pyrrole nitrogens is 1. The predicted octanol–water partition coefficient (Wildman–Crippen LogP) is 5.15. The number of thioether (sulfide) groups is 1. The fourth-order valence-corrected chi connectivity index (χ4v) is 2.91. The number of benzene rings is 1. The largest absolute Gasteiger partial charge is 0.342 e. The van der Waals surface area contributed by atoms with Crippen LogP contribution in [0.4, 0.5) is 0 Å². The number of nitrogens with one attached hydrogen (secondary N) is 1. The molecule has 0 aliphatic carbocycles. The van der Waals surface area contributed by atoms with Gasteiger partial charge in [0, 0.05) is 10.8 Å². The molecular formula is C16H20N2S2. The second-order valence-electron chi connectivity index (χ2n) is 4.88. The van der Waals surface area contributed by atoms with Crippen LogP contribution in [0.25, 0.3) is 11.3 Å². The summed E-state index contributed by atoms with van der Waals surface area (Å²) in [5, 5.41) is 0.639. The van der Waals surface area contributed by atoms with E-state index in [1.165, 1.54) is 6.42 Å². The molecule has 1 aromatic carbocycles. The first kappa shape index (κ1) is 15.3. The molecule has 1 heterocycles. The molecule has 0 amide bonds. The summed E-state index contributed by atoms with van der Waals surface area (Å²) < 4.78 is 0.697. The third-order valence-electron chi connectivity index (χ3n) is 3.34. The van der Waals surface area contributed by atoms with E-state index in [0.717, 1.165) is 28.4 Å². The minimum atomic E-state index is 0.639. The van der Waals surface area contributed by atoms with Gasteiger partial charge in [0.15, 0.2) is 0 Å². The van der Waals surface area contributed by atoms with Gasteiger partial charge in [0.05, 0.1) is 11.4 Å². The highest BCUT2D eigenvalue weighted by Crippen LogP contribution is 2.23. The van der Waals surface area contributed by atoms with Gasteiger partial charge in [-0.25, -0.2) is 4.98 Å². The van der Waals surface area contributed by atoms with Crippen molar-refractivity contribution in [3.63, 3.8) is 0 Å². The standard InChI is InChI=1S/C16H20N2S2/c1-4-11(2)20-10-14-17-15(12(3)16(19)18-14)13-8-6-5-7-9-13/h5-9,11H,4,10H2,1-3H3,(H,17,18,19). The Morgan fingerprint density at radius 3 is 2.65 bits per heavy atom. The van der Waals surface area contributed by atoms with Crippen LogP contribution in [0.15, 0.2) is 30.3 Å². The summed E-state index contributed by atoms with van der Waals surface area (Å²) >= 11 is 7.30. The predicted molar refractivity (Wildman–Crippen MR) is 90.6 cm³/mol. The summed E-state index contributed by atoms with van der Waals surface area (Å²) in [6.45, 7) is 6.48. The molecule has 0 aliphatic rings. The molecule has 1 atom stereocenters. The molecule has 0 saturated carbocycles. The number of hydrogen-bond donors (Lipinski definition) is 1. The van der Waals surface area contributed by atoms with E-state index in [1.54, 1.807) is 0 Å². The van der Waals surface area contributed by atoms with Gasteiger partial charge >= 0.3 is 0 Å². The number of rotatable bonds is 5. The van der Waals surface area contributed by atoms with Crippen molar-refractivity contribution in [2.24, 2.45) is 0 Å². The van der Waals surface area contributed by atoms with Gasteiger partial charge in [-0.1, -0.05) is 56.4 Å². The van der Waals surface area contributed by atoms with E-state index >= 15 is 0 Å². The van der Waals surface area contributed by atoms with E-state index in [9.17, 15) is 0 Å². The molecular weight excluding hydrogens is 284 g/mol. The zero-order valence-electron chi connectivity index (χ0n) is 12.1. The fourth-order valence-electron chi connectivity index (χ4n) is 1.88. The van der Waals surface area contributed by atoms with Crippen LogP contribution in [0.5, 0.6) is 0 Å². The Kier molecular flexibility index (Phi) is 5.38. The lowest BCUT2D eigenvalue weighted by Crippen LogP contribution is -2.02. The van der Waals surface area contributed by atoms with Crippen molar-refractivity contribution in [1.29, 1.82) is 0 Å². The minimum Gasteiger partial charge on any atom is -0.342 e. The molecule has 0 fully saturated rings. The second-order valence-corrected chi connectivity index (χ2v) is 6.70. The summed E-state index contributed by atoms with van der Waals surface area (Å²) in [5.41, 5.74) is 3.29. The Balaban J connectivity index is 2.33. The van der Waals surface area contributed by atoms with Crippen molar-refractivity contribution in [3.8, 4) is 11.3 Å². The monoisotopic (exact) mass is 304 g/mol. The highest BCUT2D eigenvalue weighted by Gasteiger charge is 2.08. The molecule has 1 aromatic heterocycles. The molecule has 4 heteroatoms. The van der Waals surface area contributed by atoms with Crippen LogP contribution in [0.2, 0.25) is 0 Å². The van der Waals surface area contributed by atoms with E-state index in [4.69, 9.17) is 12.2 Å². The van der Waals surface area contributed by atoms with Crippen molar-refractivity contribution in [1.82, 2.24) is 9.97 Å². The van der Waals surface area contributed by atoms with Gasteiger partial charge in [-0.3, -0.25) is 0 Å². The second kappa shape index (κ2) is 7.04. The van der Waals surface area contributed by atoms with Gasteiger partial charge in [-0.2, -0.15) is 11.8 Å². The fraction of sp³-hybridized carbons (Fsp3) is 0.375. The normalized spacial score (nSPS) is 12.3. The minimum absolute atomic E-state index is 0.639. The van der Waals surface area contributed by atoms with Gasteiger partial charge in [-0.05, 0) is 18.9 Å². The van der Waals surface area contributed by atoms with E-state index in [1.807, 2.05) is 36.9 Å². The van der Waals surface area contributed by atoms with Crippen molar-refractivity contribution >= 4 is 24.0 Å². The molecule has 20 heavy (non-hydrogen) atoms. The topological polar surface area (TPSA) is 28.7 Å². The average Bonchev–Trinajstić information content (AvgIpc) is 2.48. The van der Waals surface area contributed by atoms with Crippen LogP contribution < -0.4 is 0 Å². The molecule has 0 radical (unpaired) electrons. The molecule has 0 bridgehead atoms. The van der Waals surface area contributed by atoms with E-state index in [0.29, 0.717) is 9.89 Å². The Hall–Kier alpha value is -1.13. The van der Waals surface area contributed by atoms with Crippen molar-refractivity contribution in [3.05, 3.63) is 46.4 Å². The highest BCUT2D eigenvalue weighted by atomic mass is 32.2. The average molecular weight is 304 g/mol. The summed E-state index contributed by atoms with van der Waals surface area (Å²) in [4.78, 5) is 7.95. The number of hydrogen-bond acceptors (Lipinski definition) is 3. The van der Waals surface area contributed by atoms with Gasteiger partial charge in [-0.15, -0.1) is 0 Å². The molecule has 0 saturated heterocycles. The molecule has 2 aromatic rings. The molecule has 0 spiro atoms. The van der Waals surface area contributed by atoms with Crippen molar-refractivity contribution in [2.75, 3.05) is 0 Å². The Labute approximate surface area is 130 Å². The lowest BCUT2D eigenvalue weighted by molar-refractivity contribution is 0.900. The van der Waals surface area contributed by atoms with Crippen LogP contribution in [0.3, 0.4) is 0 Å². The first-order chi connectivity index (χ1) is 9.61. The van der Waals surface area contributed by atoms with E-state index in [2.05, 4.69) is 35.9 Å². The van der Waals surface area contributed by atoms with Crippen molar-refractivity contribution in [2.45, 2.75) is 38.2 Å². The summed E-state index contributed by atoms with van der Waals surface area (Å²) in [5.74, 6) is 1.84. The third-order valence-corrected chi connectivity index (χ3v) is 5.08. The first-order valence-corrected chi connectivity index (χ1v) is 8.34. The SMILES string of the molecule is CCC(C)SCc1nc(=S)c(C)c(-c2ccccc2)[nH]1. The zero-order chi connectivity index (χ0) is 14.5. The van der Waals surface area contributed by atoms with Crippen molar-refractivity contribution < 1.29 is 0 Å². The van der Waals surface area contributed by atoms with E-state index < -0.39 is 0 Å². The zero-order valence-corrected chi connectivity index (χ0v) is 13.8. The first-order valence-electron chi connectivity index (χ1n) is 6.88. The molecule has 0 aliphatic heterocycles. The molecule has 106 valence electrons. The van der Waals surface area contributed by atoms with Gasteiger partial charge in [0.1, 0.15) is 10.5 Å². The lowest BCUT2D eigenvalue weighted by Gasteiger charge is -2.11. The van der Waals surface area contributed by atoms with Gasteiger partial charge in [0.2, 0.25) is 0 Å². The maximum atomic E-state index is 5.40. The Bertz CT molecular complexity index is 620. The third kappa shape index (κ3) is 3.70. The maximum Gasteiger partial charge on any atom is 0.133 e. The van der Waals surface area contributed by atoms with E-state index in [-0.39, 0.29) is 0 Å². The number of aromatic nitrogens is 2. The Morgan fingerprint density at radius 2 is 2.00 bits per heavy atom. The van der Waals surface area contributed by atoms with Crippen LogP contribution in [0, 0.1) is 11.6 Å². The van der Waals surface area contributed by atoms with Crippen LogP contribution in [0.1, 0.15) is 31.7 Å². The summed E-state index contributed by atoms with van der Waals surface area (Å²) in [6, 6.07) is 10.3. The quantitative estimate of drug-likeness (QED) is 0.775. The summed E-state index contributed by atoms with van der Waals surface area (Å²) in [6.07, 6.45) is 1.17. The van der Waals surface area contributed by atoms with Crippen LogP contribution in [-0.4, -0.2) is 15.2 Å². The van der Waals surface area contributed by atoms with Crippen LogP contribution >= 0.6 is 24.0 Å². The van der Waals surface area contributed by atoms with Gasteiger partial charge in [0.25, 0.3) is 0 Å². The smallest absolute Gasteiger partial charge is 0.133 e. The summed E-state index contributed by atoms with van der Waals surface area (Å²) in [7, 11) is 0. The maximum absolute atomic E-state index is 5.40. The van der Waals surface area contributed by atoms with Crippen LogP contribution in [-0.2, 0) is 5.75 Å². The van der Waals surface area contributed by atoms with Gasteiger partial charge < -0.3 is 4.98 Å². The highest BCUT2D eigenvalue weighted by molar-refractivity contribution is 7.99. The molecule has 2 rings (SSSR count). The lowest BCUT2D eigenvalue weighted by atomic mass is 10.1. The number of nitrogens with zero attached hydrogens (tertiary/aromatic N) is 1. The molecule has 1 unspecified atom stereocenters. The number of aromatic amines is 1. The molecule has 1 N–H and O–H groups in total. The Morgan fingerprint density at radius 1 is 1.30 bits per heavy atom.